The van der Waals surface area contributed by atoms with Gasteiger partial charge in [0.15, 0.2) is 0 Å². The third-order valence-corrected chi connectivity index (χ3v) is 4.60. The van der Waals surface area contributed by atoms with Crippen LogP contribution < -0.4 is 4.90 Å². The molecule has 6 nitrogen and oxygen atoms in total. The van der Waals surface area contributed by atoms with Crippen molar-refractivity contribution in [3.8, 4) is 11.3 Å². The van der Waals surface area contributed by atoms with Gasteiger partial charge in [-0.05, 0) is 0 Å². The maximum Gasteiger partial charge on any atom is 0.229 e. The average molecular weight is 324 g/mol. The molecule has 2 aliphatic heterocycles. The number of amides is 1. The molecule has 0 atom stereocenters. The fourth-order valence-electron chi connectivity index (χ4n) is 3.15. The van der Waals surface area contributed by atoms with Crippen molar-refractivity contribution in [2.75, 3.05) is 44.3 Å². The van der Waals surface area contributed by atoms with E-state index in [9.17, 15) is 4.79 Å². The van der Waals surface area contributed by atoms with Crippen LogP contribution in [0.3, 0.4) is 0 Å². The summed E-state index contributed by atoms with van der Waals surface area (Å²) in [6, 6.07) is 12.0. The molecule has 6 heteroatoms. The highest BCUT2D eigenvalue weighted by Crippen LogP contribution is 2.27. The molecule has 0 unspecified atom stereocenters. The highest BCUT2D eigenvalue weighted by molar-refractivity contribution is 5.82. The minimum absolute atomic E-state index is 0.0678. The van der Waals surface area contributed by atoms with Gasteiger partial charge in [-0.1, -0.05) is 30.3 Å². The second-order valence-corrected chi connectivity index (χ2v) is 6.17. The first kappa shape index (κ1) is 15.1. The average Bonchev–Trinajstić information content (AvgIpc) is 2.62. The zero-order valence-electron chi connectivity index (χ0n) is 13.5. The van der Waals surface area contributed by atoms with E-state index in [2.05, 4.69) is 14.9 Å². The van der Waals surface area contributed by atoms with Gasteiger partial charge in [-0.2, -0.15) is 0 Å². The second kappa shape index (κ2) is 6.57. The van der Waals surface area contributed by atoms with Crippen LogP contribution in [-0.2, 0) is 9.53 Å². The summed E-state index contributed by atoms with van der Waals surface area (Å²) in [5.41, 5.74) is 1.98. The third-order valence-electron chi connectivity index (χ3n) is 4.60. The topological polar surface area (TPSA) is 58.6 Å². The number of rotatable bonds is 3. The summed E-state index contributed by atoms with van der Waals surface area (Å²) in [5.74, 6) is 1.19. The Morgan fingerprint density at radius 1 is 1.08 bits per heavy atom. The number of nitrogens with zero attached hydrogens (tertiary/aromatic N) is 4. The van der Waals surface area contributed by atoms with Gasteiger partial charge < -0.3 is 14.5 Å². The van der Waals surface area contributed by atoms with E-state index in [0.29, 0.717) is 26.3 Å². The first-order chi connectivity index (χ1) is 11.8. The van der Waals surface area contributed by atoms with E-state index in [4.69, 9.17) is 4.74 Å². The third kappa shape index (κ3) is 2.97. The lowest BCUT2D eigenvalue weighted by Gasteiger charge is -2.42. The maximum absolute atomic E-state index is 12.5. The lowest BCUT2D eigenvalue weighted by atomic mass is 9.98. The van der Waals surface area contributed by atoms with Crippen molar-refractivity contribution in [3.63, 3.8) is 0 Å². The number of carbonyl (C=O) groups excluding carboxylic acids is 1. The van der Waals surface area contributed by atoms with Crippen LogP contribution in [0.4, 0.5) is 5.82 Å². The Balaban J connectivity index is 1.41. The molecule has 2 aliphatic rings. The molecule has 0 saturated carbocycles. The van der Waals surface area contributed by atoms with Crippen molar-refractivity contribution < 1.29 is 9.53 Å². The lowest BCUT2D eigenvalue weighted by Crippen LogP contribution is -2.56. The molecule has 124 valence electrons. The van der Waals surface area contributed by atoms with Gasteiger partial charge in [0.05, 0.1) is 24.8 Å². The molecule has 0 bridgehead atoms. The zero-order chi connectivity index (χ0) is 16.4. The fourth-order valence-corrected chi connectivity index (χ4v) is 3.15. The van der Waals surface area contributed by atoms with Crippen molar-refractivity contribution in [2.45, 2.75) is 0 Å². The Morgan fingerprint density at radius 2 is 1.83 bits per heavy atom. The number of morpholine rings is 1. The normalized spacial score (nSPS) is 18.3. The molecule has 4 rings (SSSR count). The van der Waals surface area contributed by atoms with Crippen LogP contribution in [-0.4, -0.2) is 60.2 Å². The van der Waals surface area contributed by atoms with E-state index in [1.807, 2.05) is 41.3 Å². The number of anilines is 1. The van der Waals surface area contributed by atoms with Crippen molar-refractivity contribution >= 4 is 11.7 Å². The van der Waals surface area contributed by atoms with Gasteiger partial charge in [0, 0.05) is 37.8 Å². The smallest absolute Gasteiger partial charge is 0.229 e. The lowest BCUT2D eigenvalue weighted by molar-refractivity contribution is -0.140. The second-order valence-electron chi connectivity index (χ2n) is 6.17. The first-order valence-electron chi connectivity index (χ1n) is 8.30. The summed E-state index contributed by atoms with van der Waals surface area (Å²) in [5, 5.41) is 0. The van der Waals surface area contributed by atoms with Crippen LogP contribution in [0.5, 0.6) is 0 Å². The minimum atomic E-state index is 0.0678. The molecular formula is C18H20N4O2. The summed E-state index contributed by atoms with van der Waals surface area (Å²) in [6.07, 6.45) is 1.59. The van der Waals surface area contributed by atoms with E-state index in [-0.39, 0.29) is 11.8 Å². The minimum Gasteiger partial charge on any atom is -0.378 e. The summed E-state index contributed by atoms with van der Waals surface area (Å²) in [7, 11) is 0. The van der Waals surface area contributed by atoms with Crippen LogP contribution in [0.2, 0.25) is 0 Å². The van der Waals surface area contributed by atoms with Gasteiger partial charge in [-0.3, -0.25) is 4.79 Å². The molecule has 3 heterocycles. The number of aromatic nitrogens is 2. The molecule has 0 N–H and O–H groups in total. The quantitative estimate of drug-likeness (QED) is 0.855. The van der Waals surface area contributed by atoms with Gasteiger partial charge >= 0.3 is 0 Å². The van der Waals surface area contributed by atoms with Crippen molar-refractivity contribution in [2.24, 2.45) is 5.92 Å². The highest BCUT2D eigenvalue weighted by atomic mass is 16.5. The first-order valence-corrected chi connectivity index (χ1v) is 8.30. The van der Waals surface area contributed by atoms with Crippen LogP contribution in [0.25, 0.3) is 11.3 Å². The van der Waals surface area contributed by atoms with Gasteiger partial charge in [-0.15, -0.1) is 0 Å². The van der Waals surface area contributed by atoms with E-state index in [1.54, 1.807) is 6.33 Å². The van der Waals surface area contributed by atoms with Crippen molar-refractivity contribution in [1.29, 1.82) is 0 Å². The van der Waals surface area contributed by atoms with Gasteiger partial charge in [-0.25, -0.2) is 9.97 Å². The van der Waals surface area contributed by atoms with Crippen LogP contribution in [0, 0.1) is 5.92 Å². The molecule has 1 amide bonds. The van der Waals surface area contributed by atoms with E-state index < -0.39 is 0 Å². The maximum atomic E-state index is 12.5. The SMILES string of the molecule is O=C(C1CN(c2cc(-c3ccccc3)ncn2)C1)N1CCOCC1. The molecule has 0 radical (unpaired) electrons. The van der Waals surface area contributed by atoms with Crippen LogP contribution in [0.15, 0.2) is 42.7 Å². The highest BCUT2D eigenvalue weighted by Gasteiger charge is 2.36. The zero-order valence-corrected chi connectivity index (χ0v) is 13.5. The summed E-state index contributed by atoms with van der Waals surface area (Å²) >= 11 is 0. The van der Waals surface area contributed by atoms with Crippen molar-refractivity contribution in [3.05, 3.63) is 42.7 Å². The fraction of sp³-hybridized carbons (Fsp3) is 0.389. The van der Waals surface area contributed by atoms with E-state index in [1.165, 1.54) is 0 Å². The predicted molar refractivity (Wildman–Crippen MR) is 90.6 cm³/mol. The number of ether oxygens (including phenoxy) is 1. The molecule has 1 aromatic carbocycles. The molecule has 0 aliphatic carbocycles. The molecule has 0 spiro atoms. The van der Waals surface area contributed by atoms with E-state index in [0.717, 1.165) is 30.2 Å². The molecule has 2 fully saturated rings. The number of carbonyl (C=O) groups is 1. The Morgan fingerprint density at radius 3 is 2.58 bits per heavy atom. The van der Waals surface area contributed by atoms with Crippen molar-refractivity contribution in [1.82, 2.24) is 14.9 Å². The molecule has 24 heavy (non-hydrogen) atoms. The van der Waals surface area contributed by atoms with Gasteiger partial charge in [0.2, 0.25) is 5.91 Å². The monoisotopic (exact) mass is 324 g/mol. The standard InChI is InChI=1S/C18H20N4O2/c23-18(21-6-8-24-9-7-21)15-11-22(12-15)17-10-16(19-13-20-17)14-4-2-1-3-5-14/h1-5,10,13,15H,6-9,11-12H2. The summed E-state index contributed by atoms with van der Waals surface area (Å²) < 4.78 is 5.31. The summed E-state index contributed by atoms with van der Waals surface area (Å²) in [6.45, 7) is 4.16. The largest absolute Gasteiger partial charge is 0.378 e. The Bertz CT molecular complexity index is 710. The van der Waals surface area contributed by atoms with Gasteiger partial charge in [0.1, 0.15) is 12.1 Å². The Kier molecular flexibility index (Phi) is 4.13. The van der Waals surface area contributed by atoms with E-state index >= 15 is 0 Å². The molecule has 1 aromatic heterocycles. The van der Waals surface area contributed by atoms with Crippen LogP contribution >= 0.6 is 0 Å². The Hall–Kier alpha value is -2.47. The molecular weight excluding hydrogens is 304 g/mol. The van der Waals surface area contributed by atoms with Crippen LogP contribution in [0.1, 0.15) is 0 Å². The molecule has 2 saturated heterocycles. The number of benzene rings is 1. The number of hydrogen-bond acceptors (Lipinski definition) is 5. The predicted octanol–water partition coefficient (Wildman–Crippen LogP) is 1.44. The van der Waals surface area contributed by atoms with Gasteiger partial charge in [0.25, 0.3) is 0 Å². The molecule has 2 aromatic rings. The summed E-state index contributed by atoms with van der Waals surface area (Å²) in [4.78, 5) is 25.2. The Labute approximate surface area is 141 Å². The number of hydrogen-bond donors (Lipinski definition) is 0.